The summed E-state index contributed by atoms with van der Waals surface area (Å²) in [6.07, 6.45) is 4.85. The van der Waals surface area contributed by atoms with Gasteiger partial charge in [-0.25, -0.2) is 0 Å². The molecule has 0 aliphatic carbocycles. The summed E-state index contributed by atoms with van der Waals surface area (Å²) in [6, 6.07) is 18.7. The molecule has 1 aliphatic heterocycles. The first-order chi connectivity index (χ1) is 13.3. The Balaban J connectivity index is 1.53. The molecule has 3 aromatic rings. The lowest BCUT2D eigenvalue weighted by atomic mass is 10.0. The Morgan fingerprint density at radius 1 is 1.00 bits per heavy atom. The first-order valence-corrected chi connectivity index (χ1v) is 9.59. The maximum atomic E-state index is 5.95. The van der Waals surface area contributed by atoms with E-state index in [1.165, 1.54) is 24.8 Å². The Hall–Kier alpha value is -2.66. The van der Waals surface area contributed by atoms with Gasteiger partial charge in [-0.15, -0.1) is 10.2 Å². The molecular weight excluding hydrogens is 338 g/mol. The second-order valence-corrected chi connectivity index (χ2v) is 6.98. The van der Waals surface area contributed by atoms with Gasteiger partial charge in [-0.3, -0.25) is 4.90 Å². The number of rotatable bonds is 5. The zero-order valence-electron chi connectivity index (χ0n) is 15.7. The van der Waals surface area contributed by atoms with Gasteiger partial charge < -0.3 is 9.15 Å². The van der Waals surface area contributed by atoms with Crippen molar-refractivity contribution in [2.75, 3.05) is 13.7 Å². The average Bonchev–Trinajstić information content (AvgIpc) is 3.07. The molecule has 27 heavy (non-hydrogen) atoms. The lowest BCUT2D eigenvalue weighted by Gasteiger charge is -2.29. The van der Waals surface area contributed by atoms with Crippen molar-refractivity contribution in [3.63, 3.8) is 0 Å². The van der Waals surface area contributed by atoms with Crippen LogP contribution in [0.2, 0.25) is 0 Å². The van der Waals surface area contributed by atoms with Crippen molar-refractivity contribution in [1.29, 1.82) is 0 Å². The third kappa shape index (κ3) is 4.19. The molecule has 2 heterocycles. The second kappa shape index (κ2) is 8.35. The van der Waals surface area contributed by atoms with Crippen molar-refractivity contribution in [3.05, 3.63) is 66.1 Å². The number of hydrogen-bond acceptors (Lipinski definition) is 5. The van der Waals surface area contributed by atoms with Gasteiger partial charge in [0.1, 0.15) is 5.75 Å². The normalized spacial score (nSPS) is 18.2. The summed E-state index contributed by atoms with van der Waals surface area (Å²) < 4.78 is 11.3. The third-order valence-electron chi connectivity index (χ3n) is 5.19. The van der Waals surface area contributed by atoms with Crippen molar-refractivity contribution in [2.24, 2.45) is 0 Å². The minimum Gasteiger partial charge on any atom is -0.497 e. The predicted molar refractivity (Wildman–Crippen MR) is 104 cm³/mol. The van der Waals surface area contributed by atoms with Crippen LogP contribution in [-0.4, -0.2) is 28.8 Å². The van der Waals surface area contributed by atoms with Crippen LogP contribution in [0.4, 0.5) is 0 Å². The zero-order valence-corrected chi connectivity index (χ0v) is 15.7. The molecular formula is C22H25N3O2. The van der Waals surface area contributed by atoms with Gasteiger partial charge in [-0.2, -0.15) is 0 Å². The number of methoxy groups -OCH3 is 1. The molecule has 5 heteroatoms. The summed E-state index contributed by atoms with van der Waals surface area (Å²) in [5, 5.41) is 8.53. The maximum absolute atomic E-state index is 5.95. The Bertz CT molecular complexity index is 846. The van der Waals surface area contributed by atoms with Gasteiger partial charge in [0.05, 0.1) is 13.7 Å². The third-order valence-corrected chi connectivity index (χ3v) is 5.19. The molecule has 1 aromatic heterocycles. The van der Waals surface area contributed by atoms with Crippen LogP contribution in [0, 0.1) is 0 Å². The fraction of sp³-hybridized carbons (Fsp3) is 0.364. The second-order valence-electron chi connectivity index (χ2n) is 6.98. The standard InChI is InChI=1S/C22H25N3O2/c1-26-19-13-11-17(12-14-19)20-10-6-3-7-15-25(20)16-21-23-24-22(27-21)18-8-4-2-5-9-18/h2,4-5,8-9,11-14,20H,3,6-7,10,15-16H2,1H3. The molecule has 1 unspecified atom stereocenters. The highest BCUT2D eigenvalue weighted by Crippen LogP contribution is 2.32. The largest absolute Gasteiger partial charge is 0.497 e. The summed E-state index contributed by atoms with van der Waals surface area (Å²) in [7, 11) is 1.70. The molecule has 4 rings (SSSR count). The Labute approximate surface area is 160 Å². The van der Waals surface area contributed by atoms with Crippen LogP contribution < -0.4 is 4.74 Å². The monoisotopic (exact) mass is 363 g/mol. The quantitative estimate of drug-likeness (QED) is 0.648. The van der Waals surface area contributed by atoms with Crippen molar-refractivity contribution in [1.82, 2.24) is 15.1 Å². The minimum atomic E-state index is 0.366. The number of benzene rings is 2. The number of hydrogen-bond donors (Lipinski definition) is 0. The summed E-state index contributed by atoms with van der Waals surface area (Å²) in [5.41, 5.74) is 2.28. The number of likely N-dealkylation sites (tertiary alicyclic amines) is 1. The van der Waals surface area contributed by atoms with Gasteiger partial charge in [0.25, 0.3) is 0 Å². The molecule has 140 valence electrons. The molecule has 1 fully saturated rings. The molecule has 0 radical (unpaired) electrons. The highest BCUT2D eigenvalue weighted by molar-refractivity contribution is 5.51. The lowest BCUT2D eigenvalue weighted by Crippen LogP contribution is -2.28. The molecule has 0 spiro atoms. The number of aromatic nitrogens is 2. The lowest BCUT2D eigenvalue weighted by molar-refractivity contribution is 0.175. The molecule has 0 saturated carbocycles. The average molecular weight is 363 g/mol. The van der Waals surface area contributed by atoms with E-state index < -0.39 is 0 Å². The highest BCUT2D eigenvalue weighted by Gasteiger charge is 2.24. The molecule has 0 bridgehead atoms. The van der Waals surface area contributed by atoms with Crippen LogP contribution in [0.25, 0.3) is 11.5 Å². The highest BCUT2D eigenvalue weighted by atomic mass is 16.5. The van der Waals surface area contributed by atoms with Crippen LogP contribution in [0.5, 0.6) is 5.75 Å². The fourth-order valence-corrected chi connectivity index (χ4v) is 3.75. The van der Waals surface area contributed by atoms with Crippen molar-refractivity contribution < 1.29 is 9.15 Å². The van der Waals surface area contributed by atoms with Gasteiger partial charge in [-0.1, -0.05) is 43.2 Å². The van der Waals surface area contributed by atoms with E-state index in [2.05, 4.69) is 27.2 Å². The molecule has 0 N–H and O–H groups in total. The fourth-order valence-electron chi connectivity index (χ4n) is 3.75. The molecule has 5 nitrogen and oxygen atoms in total. The summed E-state index contributed by atoms with van der Waals surface area (Å²) in [5.74, 6) is 2.15. The van der Waals surface area contributed by atoms with Crippen LogP contribution in [-0.2, 0) is 6.54 Å². The topological polar surface area (TPSA) is 51.4 Å². The molecule has 1 atom stereocenters. The summed E-state index contributed by atoms with van der Waals surface area (Å²) in [4.78, 5) is 2.47. The van der Waals surface area contributed by atoms with Gasteiger partial charge >= 0.3 is 0 Å². The predicted octanol–water partition coefficient (Wildman–Crippen LogP) is 4.86. The van der Waals surface area contributed by atoms with E-state index in [-0.39, 0.29) is 0 Å². The van der Waals surface area contributed by atoms with E-state index in [9.17, 15) is 0 Å². The van der Waals surface area contributed by atoms with Crippen LogP contribution in [0.3, 0.4) is 0 Å². The Morgan fingerprint density at radius 2 is 1.81 bits per heavy atom. The molecule has 0 amide bonds. The van der Waals surface area contributed by atoms with Crippen LogP contribution in [0.15, 0.2) is 59.0 Å². The summed E-state index contributed by atoms with van der Waals surface area (Å²) >= 11 is 0. The summed E-state index contributed by atoms with van der Waals surface area (Å²) in [6.45, 7) is 1.72. The number of nitrogens with zero attached hydrogens (tertiary/aromatic N) is 3. The van der Waals surface area contributed by atoms with Gasteiger partial charge in [0.15, 0.2) is 0 Å². The van der Waals surface area contributed by atoms with E-state index >= 15 is 0 Å². The molecule has 1 aliphatic rings. The Morgan fingerprint density at radius 3 is 2.59 bits per heavy atom. The van der Waals surface area contributed by atoms with Gasteiger partial charge in [-0.05, 0) is 49.2 Å². The van der Waals surface area contributed by atoms with E-state index in [1.54, 1.807) is 7.11 Å². The van der Waals surface area contributed by atoms with E-state index in [0.717, 1.165) is 24.3 Å². The van der Waals surface area contributed by atoms with E-state index in [4.69, 9.17) is 9.15 Å². The molecule has 2 aromatic carbocycles. The Kier molecular flexibility index (Phi) is 5.49. The van der Waals surface area contributed by atoms with Crippen LogP contribution in [0.1, 0.15) is 43.2 Å². The van der Waals surface area contributed by atoms with Crippen LogP contribution >= 0.6 is 0 Å². The van der Waals surface area contributed by atoms with Crippen molar-refractivity contribution in [3.8, 4) is 17.2 Å². The maximum Gasteiger partial charge on any atom is 0.247 e. The van der Waals surface area contributed by atoms with Gasteiger partial charge in [0.2, 0.25) is 11.8 Å². The first-order valence-electron chi connectivity index (χ1n) is 9.59. The minimum absolute atomic E-state index is 0.366. The SMILES string of the molecule is COc1ccc(C2CCCCCN2Cc2nnc(-c3ccccc3)o2)cc1. The smallest absolute Gasteiger partial charge is 0.247 e. The van der Waals surface area contributed by atoms with E-state index in [0.29, 0.717) is 24.4 Å². The van der Waals surface area contributed by atoms with Gasteiger partial charge in [0, 0.05) is 11.6 Å². The van der Waals surface area contributed by atoms with Crippen molar-refractivity contribution in [2.45, 2.75) is 38.3 Å². The van der Waals surface area contributed by atoms with Crippen molar-refractivity contribution >= 4 is 0 Å². The first kappa shape index (κ1) is 17.7. The molecule has 1 saturated heterocycles. The number of ether oxygens (including phenoxy) is 1. The van der Waals surface area contributed by atoms with E-state index in [1.807, 2.05) is 42.5 Å². The zero-order chi connectivity index (χ0) is 18.5.